The van der Waals surface area contributed by atoms with Gasteiger partial charge in [-0.1, -0.05) is 12.5 Å². The van der Waals surface area contributed by atoms with E-state index in [1.807, 2.05) is 12.1 Å². The highest BCUT2D eigenvalue weighted by Crippen LogP contribution is 2.67. The van der Waals surface area contributed by atoms with Gasteiger partial charge in [0.1, 0.15) is 5.76 Å². The Morgan fingerprint density at radius 3 is 2.74 bits per heavy atom. The van der Waals surface area contributed by atoms with Crippen LogP contribution in [-0.2, 0) is 26.2 Å². The number of carboxylic acids is 1. The van der Waals surface area contributed by atoms with Crippen LogP contribution in [-0.4, -0.2) is 63.4 Å². The van der Waals surface area contributed by atoms with Crippen LogP contribution in [0.1, 0.15) is 36.8 Å². The average molecular weight is 432 g/mol. The fraction of sp³-hybridized carbons (Fsp3) is 0.545. The summed E-state index contributed by atoms with van der Waals surface area (Å²) in [6.07, 6.45) is -0.526. The molecule has 1 aromatic rings. The van der Waals surface area contributed by atoms with Crippen molar-refractivity contribution in [3.63, 3.8) is 0 Å². The maximum absolute atomic E-state index is 12.4. The van der Waals surface area contributed by atoms with Gasteiger partial charge in [0.2, 0.25) is 0 Å². The van der Waals surface area contributed by atoms with E-state index in [9.17, 15) is 24.9 Å². The van der Waals surface area contributed by atoms with Crippen molar-refractivity contribution in [1.82, 2.24) is 0 Å². The molecule has 0 unspecified atom stereocenters. The van der Waals surface area contributed by atoms with Gasteiger partial charge in [0, 0.05) is 5.56 Å². The largest absolute Gasteiger partial charge is 0.493 e. The van der Waals surface area contributed by atoms with Gasteiger partial charge in [-0.25, -0.2) is 9.59 Å². The van der Waals surface area contributed by atoms with Gasteiger partial charge in [-0.05, 0) is 49.3 Å². The summed E-state index contributed by atoms with van der Waals surface area (Å²) in [6.45, 7) is 0. The number of aliphatic hydroxyl groups is 3. The van der Waals surface area contributed by atoms with E-state index in [0.29, 0.717) is 24.3 Å². The quantitative estimate of drug-likeness (QED) is 0.487. The molecule has 0 saturated heterocycles. The zero-order valence-corrected chi connectivity index (χ0v) is 16.9. The molecule has 1 spiro atoms. The normalized spacial score (nSPS) is 34.0. The topological polar surface area (TPSA) is 143 Å². The van der Waals surface area contributed by atoms with Crippen LogP contribution in [0.2, 0.25) is 0 Å². The number of carbonyl (C=O) groups excluding carboxylic acids is 1. The third-order valence-corrected chi connectivity index (χ3v) is 7.48. The fourth-order valence-electron chi connectivity index (χ4n) is 6.12. The van der Waals surface area contributed by atoms with Crippen molar-refractivity contribution in [2.45, 2.75) is 61.4 Å². The maximum Gasteiger partial charge on any atom is 0.343 e. The SMILES string of the molecule is COc1ccc2c3c1O[C@@H]1C(OC(=O)[C@H](O)[C@@H](O)C(=O)O)=CC[C@]4(O)[C@@H](CCC[C@@]314)C2. The second kappa shape index (κ2) is 6.69. The van der Waals surface area contributed by atoms with Crippen molar-refractivity contribution in [1.29, 1.82) is 0 Å². The van der Waals surface area contributed by atoms with Crippen molar-refractivity contribution >= 4 is 11.9 Å². The van der Waals surface area contributed by atoms with Crippen LogP contribution < -0.4 is 9.47 Å². The molecule has 0 radical (unpaired) electrons. The molecule has 0 aromatic heterocycles. The molecule has 6 atom stereocenters. The maximum atomic E-state index is 12.4. The third-order valence-electron chi connectivity index (χ3n) is 7.48. The molecule has 1 aromatic carbocycles. The molecule has 0 amide bonds. The predicted molar refractivity (Wildman–Crippen MR) is 104 cm³/mol. The molecule has 9 nitrogen and oxygen atoms in total. The zero-order valence-electron chi connectivity index (χ0n) is 16.9. The minimum Gasteiger partial charge on any atom is -0.493 e. The van der Waals surface area contributed by atoms with Gasteiger partial charge in [0.25, 0.3) is 0 Å². The van der Waals surface area contributed by atoms with Crippen molar-refractivity contribution in [3.8, 4) is 11.5 Å². The summed E-state index contributed by atoms with van der Waals surface area (Å²) in [6, 6.07) is 3.81. The van der Waals surface area contributed by atoms with Crippen molar-refractivity contribution in [2.24, 2.45) is 5.92 Å². The molecule has 9 heteroatoms. The number of ether oxygens (including phenoxy) is 3. The van der Waals surface area contributed by atoms with Crippen LogP contribution in [0.4, 0.5) is 0 Å². The predicted octanol–water partition coefficient (Wildman–Crippen LogP) is 0.418. The Morgan fingerprint density at radius 1 is 1.26 bits per heavy atom. The highest BCUT2D eigenvalue weighted by atomic mass is 16.6. The number of methoxy groups -OCH3 is 1. The van der Waals surface area contributed by atoms with Crippen molar-refractivity contribution in [2.75, 3.05) is 7.11 Å². The number of aliphatic hydroxyl groups excluding tert-OH is 2. The monoisotopic (exact) mass is 432 g/mol. The number of hydrogen-bond donors (Lipinski definition) is 4. The lowest BCUT2D eigenvalue weighted by Gasteiger charge is -2.59. The Kier molecular flexibility index (Phi) is 4.38. The molecule has 1 saturated carbocycles. The summed E-state index contributed by atoms with van der Waals surface area (Å²) < 4.78 is 17.1. The van der Waals surface area contributed by atoms with E-state index in [1.54, 1.807) is 6.08 Å². The van der Waals surface area contributed by atoms with Crippen LogP contribution in [0.25, 0.3) is 0 Å². The van der Waals surface area contributed by atoms with Gasteiger partial charge in [-0.3, -0.25) is 0 Å². The van der Waals surface area contributed by atoms with Gasteiger partial charge in [-0.2, -0.15) is 0 Å². The van der Waals surface area contributed by atoms with Gasteiger partial charge < -0.3 is 34.6 Å². The second-order valence-electron chi connectivity index (χ2n) is 8.78. The van der Waals surface area contributed by atoms with Crippen LogP contribution in [0.5, 0.6) is 11.5 Å². The van der Waals surface area contributed by atoms with E-state index in [4.69, 9.17) is 19.3 Å². The Labute approximate surface area is 177 Å². The van der Waals surface area contributed by atoms with Gasteiger partial charge in [0.05, 0.1) is 18.1 Å². The van der Waals surface area contributed by atoms with Gasteiger partial charge >= 0.3 is 11.9 Å². The molecule has 1 aliphatic heterocycles. The Balaban J connectivity index is 1.58. The molecular formula is C22H24O9. The first-order chi connectivity index (χ1) is 14.7. The number of carbonyl (C=O) groups is 2. The van der Waals surface area contributed by atoms with E-state index in [-0.39, 0.29) is 18.1 Å². The zero-order chi connectivity index (χ0) is 22.1. The summed E-state index contributed by atoms with van der Waals surface area (Å²) in [5.41, 5.74) is 0.0219. The van der Waals surface area contributed by atoms with Gasteiger partial charge in [-0.15, -0.1) is 0 Å². The standard InChI is InChI=1S/C22H24O9/c1-29-12-5-4-10-9-11-3-2-7-21-14(10)17(12)31-18(21)13(6-8-22(11,21)28)30-20(27)16(24)15(23)19(25)26/h4-6,11,15-16,18,23-24,28H,2-3,7-9H2,1H3,(H,25,26)/t11-,15+,16+,18+,21+,22-/m0/s1. The van der Waals surface area contributed by atoms with Crippen molar-refractivity contribution in [3.05, 3.63) is 35.1 Å². The average Bonchev–Trinajstić information content (AvgIpc) is 3.09. The smallest absolute Gasteiger partial charge is 0.343 e. The number of hydrogen-bond acceptors (Lipinski definition) is 8. The summed E-state index contributed by atoms with van der Waals surface area (Å²) in [7, 11) is 1.53. The lowest BCUT2D eigenvalue weighted by molar-refractivity contribution is -0.173. The minimum atomic E-state index is -2.31. The number of esters is 1. The highest BCUT2D eigenvalue weighted by Gasteiger charge is 2.71. The van der Waals surface area contributed by atoms with E-state index in [2.05, 4.69) is 0 Å². The fourth-order valence-corrected chi connectivity index (χ4v) is 6.12. The molecule has 4 N–H and O–H groups in total. The second-order valence-corrected chi connectivity index (χ2v) is 8.78. The molecule has 2 bridgehead atoms. The first-order valence-electron chi connectivity index (χ1n) is 10.3. The lowest BCUT2D eigenvalue weighted by Crippen LogP contribution is -2.67. The molecular weight excluding hydrogens is 408 g/mol. The third kappa shape index (κ3) is 2.48. The molecule has 31 heavy (non-hydrogen) atoms. The lowest BCUT2D eigenvalue weighted by atomic mass is 9.47. The number of carboxylic acid groups (broad SMARTS) is 1. The Morgan fingerprint density at radius 2 is 2.03 bits per heavy atom. The molecule has 166 valence electrons. The first kappa shape index (κ1) is 20.3. The number of aliphatic carboxylic acids is 1. The molecule has 1 heterocycles. The summed E-state index contributed by atoms with van der Waals surface area (Å²) in [4.78, 5) is 23.3. The van der Waals surface area contributed by atoms with E-state index in [0.717, 1.165) is 24.0 Å². The summed E-state index contributed by atoms with van der Waals surface area (Å²) in [5.74, 6) is -1.89. The molecule has 1 fully saturated rings. The van der Waals surface area contributed by atoms with E-state index in [1.165, 1.54) is 7.11 Å². The Bertz CT molecular complexity index is 1000. The minimum absolute atomic E-state index is 0.0205. The van der Waals surface area contributed by atoms with Crippen LogP contribution in [0.15, 0.2) is 24.0 Å². The number of benzene rings is 1. The van der Waals surface area contributed by atoms with Crippen LogP contribution in [0.3, 0.4) is 0 Å². The van der Waals surface area contributed by atoms with Crippen LogP contribution >= 0.6 is 0 Å². The van der Waals surface area contributed by atoms with Crippen molar-refractivity contribution < 1.29 is 44.2 Å². The van der Waals surface area contributed by atoms with E-state index >= 15 is 0 Å². The van der Waals surface area contributed by atoms with Gasteiger partial charge in [0.15, 0.2) is 29.8 Å². The Hall–Kier alpha value is -2.62. The molecule has 3 aliphatic carbocycles. The molecule has 4 aliphatic rings. The summed E-state index contributed by atoms with van der Waals surface area (Å²) >= 11 is 0. The number of rotatable bonds is 5. The highest BCUT2D eigenvalue weighted by molar-refractivity contribution is 5.85. The van der Waals surface area contributed by atoms with Crippen LogP contribution in [0, 0.1) is 5.92 Å². The summed E-state index contributed by atoms with van der Waals surface area (Å²) in [5, 5.41) is 40.2. The molecule has 5 rings (SSSR count). The first-order valence-corrected chi connectivity index (χ1v) is 10.3. The van der Waals surface area contributed by atoms with E-state index < -0.39 is 41.3 Å².